The van der Waals surface area contributed by atoms with E-state index in [0.717, 1.165) is 24.1 Å². The van der Waals surface area contributed by atoms with Crippen LogP contribution in [0.4, 0.5) is 0 Å². The fraction of sp³-hybridized carbons (Fsp3) is 0.581. The first-order chi connectivity index (χ1) is 19.0. The molecule has 2 heterocycles. The summed E-state index contributed by atoms with van der Waals surface area (Å²) in [6.07, 6.45) is 2.04. The van der Waals surface area contributed by atoms with Crippen LogP contribution in [0, 0.1) is 5.92 Å². The molecule has 0 amide bonds. The highest BCUT2D eigenvalue weighted by atomic mass is 32.2. The van der Waals surface area contributed by atoms with Gasteiger partial charge in [-0.2, -0.15) is 4.31 Å². The summed E-state index contributed by atoms with van der Waals surface area (Å²) in [5.41, 5.74) is 1.49. The van der Waals surface area contributed by atoms with Crippen LogP contribution in [0.1, 0.15) is 56.7 Å². The van der Waals surface area contributed by atoms with Gasteiger partial charge in [0.1, 0.15) is 11.7 Å². The number of carbonyl (C=O) groups is 1. The van der Waals surface area contributed by atoms with Gasteiger partial charge in [0.05, 0.1) is 30.4 Å². The molecule has 1 spiro atoms. The SMILES string of the molecule is COc1ccc2c3c1O[C@H]1[C@@H](N(CC(C)C)S(=O)(=O)Cc4ccccc4)CC[C@@]4(OC(C)=O)[C@@H](C2)N(C)CC[C@]314. The first-order valence-corrected chi connectivity index (χ1v) is 16.0. The minimum atomic E-state index is -3.70. The minimum absolute atomic E-state index is 0.0245. The number of nitrogens with zero attached hydrogens (tertiary/aromatic N) is 2. The number of piperidine rings is 1. The summed E-state index contributed by atoms with van der Waals surface area (Å²) in [7, 11) is 0.0327. The first-order valence-electron chi connectivity index (χ1n) is 14.3. The van der Waals surface area contributed by atoms with Crippen LogP contribution in [0.2, 0.25) is 0 Å². The molecule has 2 bridgehead atoms. The molecule has 0 unspecified atom stereocenters. The van der Waals surface area contributed by atoms with E-state index in [9.17, 15) is 13.2 Å². The summed E-state index contributed by atoms with van der Waals surface area (Å²) < 4.78 is 49.3. The van der Waals surface area contributed by atoms with E-state index in [1.165, 1.54) is 12.5 Å². The van der Waals surface area contributed by atoms with Crippen LogP contribution in [0.15, 0.2) is 42.5 Å². The monoisotopic (exact) mass is 568 g/mol. The average molecular weight is 569 g/mol. The fourth-order valence-corrected chi connectivity index (χ4v) is 10.2. The van der Waals surface area contributed by atoms with Crippen molar-refractivity contribution in [2.45, 2.75) is 81.4 Å². The summed E-state index contributed by atoms with van der Waals surface area (Å²) in [6.45, 7) is 6.77. The molecular weight excluding hydrogens is 528 g/mol. The van der Waals surface area contributed by atoms with Gasteiger partial charge in [-0.15, -0.1) is 0 Å². The number of methoxy groups -OCH3 is 1. The number of hydrogen-bond acceptors (Lipinski definition) is 7. The van der Waals surface area contributed by atoms with E-state index in [0.29, 0.717) is 37.3 Å². The Morgan fingerprint density at radius 3 is 2.60 bits per heavy atom. The van der Waals surface area contributed by atoms with Crippen LogP contribution in [0.5, 0.6) is 11.5 Å². The standard InChI is InChI=1S/C31H40N2O6S/c1-20(2)18-33(40(35,36)19-22-9-7-6-8-10-22)24-13-14-31(39-21(3)34)26-17-23-11-12-25(37-5)28-27(23)30(31,29(24)38-28)15-16-32(26)4/h6-12,20,24,26,29H,13-19H2,1-5H3/t24-,26+,29-,30-,31+/m0/s1. The second-order valence-electron chi connectivity index (χ2n) is 12.4. The number of ether oxygens (including phenoxy) is 3. The largest absolute Gasteiger partial charge is 0.493 e. The zero-order chi connectivity index (χ0) is 28.4. The highest BCUT2D eigenvalue weighted by Gasteiger charge is 2.75. The molecule has 2 aliphatic heterocycles. The Morgan fingerprint density at radius 2 is 1.93 bits per heavy atom. The second-order valence-corrected chi connectivity index (χ2v) is 14.3. The van der Waals surface area contributed by atoms with Gasteiger partial charge in [0.25, 0.3) is 0 Å². The molecule has 40 heavy (non-hydrogen) atoms. The van der Waals surface area contributed by atoms with Gasteiger partial charge in [-0.05, 0) is 62.4 Å². The number of sulfonamides is 1. The zero-order valence-electron chi connectivity index (χ0n) is 24.1. The highest BCUT2D eigenvalue weighted by molar-refractivity contribution is 7.88. The van der Waals surface area contributed by atoms with E-state index >= 15 is 0 Å². The minimum Gasteiger partial charge on any atom is -0.493 e. The third-order valence-corrected chi connectivity index (χ3v) is 11.5. The molecule has 1 saturated carbocycles. The quantitative estimate of drug-likeness (QED) is 0.447. The molecule has 9 heteroatoms. The molecule has 4 aliphatic rings. The molecule has 2 aliphatic carbocycles. The van der Waals surface area contributed by atoms with Crippen molar-refractivity contribution < 1.29 is 27.4 Å². The zero-order valence-corrected chi connectivity index (χ0v) is 24.9. The molecular formula is C31H40N2O6S. The van der Waals surface area contributed by atoms with Gasteiger partial charge in [0.15, 0.2) is 11.5 Å². The first kappa shape index (κ1) is 27.5. The summed E-state index contributed by atoms with van der Waals surface area (Å²) in [6, 6.07) is 13.0. The predicted octanol–water partition coefficient (Wildman–Crippen LogP) is 3.91. The molecule has 2 aromatic carbocycles. The van der Waals surface area contributed by atoms with Gasteiger partial charge >= 0.3 is 5.97 Å². The lowest BCUT2D eigenvalue weighted by Crippen LogP contribution is -2.79. The molecule has 8 nitrogen and oxygen atoms in total. The maximum atomic E-state index is 14.2. The lowest BCUT2D eigenvalue weighted by molar-refractivity contribution is -0.219. The number of rotatable bonds is 8. The van der Waals surface area contributed by atoms with Gasteiger partial charge in [0.2, 0.25) is 10.0 Å². The third-order valence-electron chi connectivity index (χ3n) is 9.65. The Morgan fingerprint density at radius 1 is 1.18 bits per heavy atom. The molecule has 2 aromatic rings. The van der Waals surface area contributed by atoms with Crippen molar-refractivity contribution in [3.63, 3.8) is 0 Å². The van der Waals surface area contributed by atoms with Gasteiger partial charge in [-0.3, -0.25) is 9.69 Å². The van der Waals surface area contributed by atoms with Gasteiger partial charge < -0.3 is 14.2 Å². The van der Waals surface area contributed by atoms with E-state index in [-0.39, 0.29) is 23.7 Å². The smallest absolute Gasteiger partial charge is 0.303 e. The summed E-state index contributed by atoms with van der Waals surface area (Å²) >= 11 is 0. The van der Waals surface area contributed by atoms with E-state index in [1.54, 1.807) is 11.4 Å². The topological polar surface area (TPSA) is 85.4 Å². The molecule has 1 saturated heterocycles. The normalized spacial score (nSPS) is 30.6. The lowest BCUT2D eigenvalue weighted by Gasteiger charge is -2.65. The van der Waals surface area contributed by atoms with Crippen molar-refractivity contribution in [1.82, 2.24) is 9.21 Å². The number of likely N-dealkylation sites (N-methyl/N-ethyl adjacent to an activating group) is 1. The molecule has 6 rings (SSSR count). The van der Waals surface area contributed by atoms with Gasteiger partial charge in [-0.1, -0.05) is 50.2 Å². The van der Waals surface area contributed by atoms with Gasteiger partial charge in [-0.25, -0.2) is 8.42 Å². The molecule has 0 aromatic heterocycles. The Bertz CT molecular complexity index is 1410. The lowest BCUT2D eigenvalue weighted by atomic mass is 9.48. The molecule has 0 radical (unpaired) electrons. The molecule has 5 atom stereocenters. The van der Waals surface area contributed by atoms with Gasteiger partial charge in [0, 0.05) is 19.0 Å². The molecule has 216 valence electrons. The maximum Gasteiger partial charge on any atom is 0.303 e. The van der Waals surface area contributed by atoms with Crippen molar-refractivity contribution in [2.24, 2.45) is 5.92 Å². The Kier molecular flexibility index (Phi) is 6.71. The van der Waals surface area contributed by atoms with Crippen LogP contribution >= 0.6 is 0 Å². The number of carbonyl (C=O) groups excluding carboxylic acids is 1. The average Bonchev–Trinajstić information content (AvgIpc) is 3.25. The van der Waals surface area contributed by atoms with Crippen LogP contribution in [0.3, 0.4) is 0 Å². The number of esters is 1. The van der Waals surface area contributed by atoms with E-state index < -0.39 is 33.2 Å². The Balaban J connectivity index is 1.53. The van der Waals surface area contributed by atoms with Crippen LogP contribution in [-0.2, 0) is 37.1 Å². The maximum absolute atomic E-state index is 14.2. The van der Waals surface area contributed by atoms with Crippen molar-refractivity contribution >= 4 is 16.0 Å². The predicted molar refractivity (Wildman–Crippen MR) is 152 cm³/mol. The van der Waals surface area contributed by atoms with Crippen molar-refractivity contribution in [3.05, 3.63) is 59.2 Å². The summed E-state index contributed by atoms with van der Waals surface area (Å²) in [5.74, 6) is 1.05. The van der Waals surface area contributed by atoms with Crippen LogP contribution < -0.4 is 9.47 Å². The number of hydrogen-bond donors (Lipinski definition) is 0. The van der Waals surface area contributed by atoms with E-state index in [1.807, 2.05) is 50.2 Å². The van der Waals surface area contributed by atoms with Crippen molar-refractivity contribution in [1.29, 1.82) is 0 Å². The summed E-state index contributed by atoms with van der Waals surface area (Å²) in [4.78, 5) is 15.1. The molecule has 2 fully saturated rings. The van der Waals surface area contributed by atoms with Crippen LogP contribution in [-0.4, -0.2) is 74.6 Å². The highest BCUT2D eigenvalue weighted by Crippen LogP contribution is 2.67. The second kappa shape index (κ2) is 9.74. The number of likely N-dealkylation sites (tertiary alicyclic amines) is 1. The third kappa shape index (κ3) is 3.91. The van der Waals surface area contributed by atoms with Crippen molar-refractivity contribution in [3.8, 4) is 11.5 Å². The van der Waals surface area contributed by atoms with Crippen molar-refractivity contribution in [2.75, 3.05) is 27.2 Å². The van der Waals surface area contributed by atoms with E-state index in [4.69, 9.17) is 14.2 Å². The van der Waals surface area contributed by atoms with Crippen LogP contribution in [0.25, 0.3) is 0 Å². The molecule has 0 N–H and O–H groups in total. The fourth-order valence-electron chi connectivity index (χ4n) is 8.29. The number of benzene rings is 2. The van der Waals surface area contributed by atoms with E-state index in [2.05, 4.69) is 18.0 Å². The summed E-state index contributed by atoms with van der Waals surface area (Å²) in [5, 5.41) is 0. The Hall–Kier alpha value is -2.62. The Labute approximate surface area is 237 Å².